The molecule has 0 spiro atoms. The number of carbonyl (C=O) groups excluding carboxylic acids is 2. The van der Waals surface area contributed by atoms with E-state index in [1.54, 1.807) is 12.1 Å². The van der Waals surface area contributed by atoms with Crippen molar-refractivity contribution in [3.8, 4) is 5.75 Å². The molecule has 0 radical (unpaired) electrons. The van der Waals surface area contributed by atoms with Crippen LogP contribution in [0.1, 0.15) is 22.8 Å². The zero-order valence-corrected chi connectivity index (χ0v) is 17.8. The van der Waals surface area contributed by atoms with Crippen molar-refractivity contribution >= 4 is 33.4 Å². The number of rotatable bonds is 7. The quantitative estimate of drug-likeness (QED) is 0.642. The van der Waals surface area contributed by atoms with E-state index < -0.39 is 21.8 Å². The van der Waals surface area contributed by atoms with Gasteiger partial charge in [-0.25, -0.2) is 12.7 Å². The Labute approximate surface area is 174 Å². The molecule has 0 aliphatic heterocycles. The van der Waals surface area contributed by atoms with Gasteiger partial charge in [0.2, 0.25) is 10.0 Å². The molecule has 0 fully saturated rings. The summed E-state index contributed by atoms with van der Waals surface area (Å²) in [5.74, 6) is -0.828. The van der Waals surface area contributed by atoms with E-state index in [0.29, 0.717) is 5.75 Å². The topological polar surface area (TPSA) is 105 Å². The van der Waals surface area contributed by atoms with Crippen LogP contribution < -0.4 is 15.6 Å². The third-order valence-corrected chi connectivity index (χ3v) is 6.12. The van der Waals surface area contributed by atoms with E-state index in [2.05, 4.69) is 10.9 Å². The summed E-state index contributed by atoms with van der Waals surface area (Å²) in [6.45, 7) is 1.72. The van der Waals surface area contributed by atoms with Crippen LogP contribution in [0.4, 0.5) is 0 Å². The molecule has 29 heavy (non-hydrogen) atoms. The first-order chi connectivity index (χ1) is 13.6. The Bertz CT molecular complexity index is 991. The van der Waals surface area contributed by atoms with Crippen LogP contribution in [0.25, 0.3) is 0 Å². The van der Waals surface area contributed by atoms with E-state index in [0.717, 1.165) is 22.4 Å². The van der Waals surface area contributed by atoms with Crippen LogP contribution in [-0.4, -0.2) is 45.2 Å². The maximum absolute atomic E-state index is 12.3. The Balaban J connectivity index is 1.96. The number of aryl methyl sites for hydroxylation is 1. The van der Waals surface area contributed by atoms with Crippen LogP contribution in [0, 0.1) is 0 Å². The van der Waals surface area contributed by atoms with Gasteiger partial charge in [-0.1, -0.05) is 30.7 Å². The van der Waals surface area contributed by atoms with Gasteiger partial charge in [0.1, 0.15) is 5.75 Å². The zero-order valence-electron chi connectivity index (χ0n) is 16.2. The summed E-state index contributed by atoms with van der Waals surface area (Å²) in [6.07, 6.45) is 0.895. The minimum atomic E-state index is -3.74. The van der Waals surface area contributed by atoms with Gasteiger partial charge in [-0.05, 0) is 42.3 Å². The zero-order chi connectivity index (χ0) is 21.6. The van der Waals surface area contributed by atoms with Gasteiger partial charge >= 0.3 is 0 Å². The number of hydrazine groups is 1. The number of ether oxygens (including phenoxy) is 1. The van der Waals surface area contributed by atoms with Crippen molar-refractivity contribution in [2.75, 3.05) is 20.7 Å². The van der Waals surface area contributed by atoms with Crippen molar-refractivity contribution in [2.24, 2.45) is 0 Å². The maximum atomic E-state index is 12.3. The van der Waals surface area contributed by atoms with Crippen molar-refractivity contribution in [1.29, 1.82) is 0 Å². The highest BCUT2D eigenvalue weighted by Crippen LogP contribution is 2.22. The lowest BCUT2D eigenvalue weighted by molar-refractivity contribution is -0.123. The summed E-state index contributed by atoms with van der Waals surface area (Å²) < 4.78 is 30.8. The summed E-state index contributed by atoms with van der Waals surface area (Å²) >= 11 is 6.00. The number of benzene rings is 2. The Morgan fingerprint density at radius 1 is 1.07 bits per heavy atom. The number of hydrogen-bond acceptors (Lipinski definition) is 5. The first kappa shape index (κ1) is 22.7. The summed E-state index contributed by atoms with van der Waals surface area (Å²) in [5.41, 5.74) is 5.44. The van der Waals surface area contributed by atoms with E-state index in [4.69, 9.17) is 16.3 Å². The molecule has 2 N–H and O–H groups in total. The van der Waals surface area contributed by atoms with E-state index in [9.17, 15) is 18.0 Å². The lowest BCUT2D eigenvalue weighted by Gasteiger charge is -2.13. The molecule has 10 heteroatoms. The van der Waals surface area contributed by atoms with E-state index in [-0.39, 0.29) is 22.1 Å². The standard InChI is InChI=1S/C19H22ClN3O5S/c1-4-13-5-7-14(8-6-13)28-12-18(24)21-22-19(25)16-11-15(9-10-17(16)20)29(26,27)23(2)3/h5-11H,4,12H2,1-3H3,(H,21,24)(H,22,25). The summed E-state index contributed by atoms with van der Waals surface area (Å²) in [7, 11) is -0.989. The molecule has 0 aliphatic rings. The predicted molar refractivity (Wildman–Crippen MR) is 109 cm³/mol. The third kappa shape index (κ3) is 5.93. The van der Waals surface area contributed by atoms with Crippen LogP contribution in [-0.2, 0) is 21.2 Å². The molecule has 156 valence electrons. The number of sulfonamides is 1. The Hall–Kier alpha value is -2.62. The first-order valence-corrected chi connectivity index (χ1v) is 10.5. The van der Waals surface area contributed by atoms with Crippen LogP contribution in [0.15, 0.2) is 47.4 Å². The molecule has 0 bridgehead atoms. The molecule has 2 aromatic carbocycles. The molecule has 0 aromatic heterocycles. The molecular formula is C19H22ClN3O5S. The fourth-order valence-electron chi connectivity index (χ4n) is 2.25. The van der Waals surface area contributed by atoms with Gasteiger partial charge < -0.3 is 4.74 Å². The van der Waals surface area contributed by atoms with Crippen molar-refractivity contribution < 1.29 is 22.7 Å². The SMILES string of the molecule is CCc1ccc(OCC(=O)NNC(=O)c2cc(S(=O)(=O)N(C)C)ccc2Cl)cc1. The fraction of sp³-hybridized carbons (Fsp3) is 0.263. The van der Waals surface area contributed by atoms with E-state index in [1.165, 1.54) is 26.2 Å². The van der Waals surface area contributed by atoms with E-state index in [1.807, 2.05) is 19.1 Å². The Kier molecular flexibility index (Phi) is 7.60. The smallest absolute Gasteiger partial charge is 0.276 e. The minimum absolute atomic E-state index is 0.0433. The highest BCUT2D eigenvalue weighted by atomic mass is 35.5. The average molecular weight is 440 g/mol. The Morgan fingerprint density at radius 3 is 2.31 bits per heavy atom. The Morgan fingerprint density at radius 2 is 1.72 bits per heavy atom. The van der Waals surface area contributed by atoms with E-state index >= 15 is 0 Å². The van der Waals surface area contributed by atoms with Gasteiger partial charge in [0.25, 0.3) is 11.8 Å². The number of hydrogen-bond donors (Lipinski definition) is 2. The monoisotopic (exact) mass is 439 g/mol. The lowest BCUT2D eigenvalue weighted by Crippen LogP contribution is -2.44. The minimum Gasteiger partial charge on any atom is -0.484 e. The number of nitrogens with one attached hydrogen (secondary N) is 2. The normalized spacial score (nSPS) is 11.2. The maximum Gasteiger partial charge on any atom is 0.276 e. The van der Waals surface area contributed by atoms with Crippen molar-refractivity contribution in [2.45, 2.75) is 18.2 Å². The number of nitrogens with zero attached hydrogens (tertiary/aromatic N) is 1. The second-order valence-corrected chi connectivity index (χ2v) is 8.78. The second kappa shape index (κ2) is 9.73. The average Bonchev–Trinajstić information content (AvgIpc) is 2.70. The lowest BCUT2D eigenvalue weighted by atomic mass is 10.2. The summed E-state index contributed by atoms with van der Waals surface area (Å²) in [6, 6.07) is 11.0. The van der Waals surface area contributed by atoms with Gasteiger partial charge in [-0.2, -0.15) is 0 Å². The van der Waals surface area contributed by atoms with Gasteiger partial charge in [-0.15, -0.1) is 0 Å². The molecule has 2 rings (SSSR count). The molecule has 0 unspecified atom stereocenters. The molecular weight excluding hydrogens is 418 g/mol. The molecule has 8 nitrogen and oxygen atoms in total. The number of halogens is 1. The highest BCUT2D eigenvalue weighted by molar-refractivity contribution is 7.89. The molecule has 0 saturated carbocycles. The molecule has 0 heterocycles. The van der Waals surface area contributed by atoms with Crippen LogP contribution in [0.2, 0.25) is 5.02 Å². The van der Waals surface area contributed by atoms with Gasteiger partial charge in [0.15, 0.2) is 6.61 Å². The second-order valence-electron chi connectivity index (χ2n) is 6.22. The van der Waals surface area contributed by atoms with Gasteiger partial charge in [-0.3, -0.25) is 20.4 Å². The number of amides is 2. The largest absolute Gasteiger partial charge is 0.484 e. The first-order valence-electron chi connectivity index (χ1n) is 8.68. The van der Waals surface area contributed by atoms with Crippen molar-refractivity contribution in [3.63, 3.8) is 0 Å². The predicted octanol–water partition coefficient (Wildman–Crippen LogP) is 1.99. The molecule has 0 saturated heterocycles. The molecule has 0 atom stereocenters. The van der Waals surface area contributed by atoms with Gasteiger partial charge in [0.05, 0.1) is 15.5 Å². The van der Waals surface area contributed by atoms with Crippen LogP contribution >= 0.6 is 11.6 Å². The van der Waals surface area contributed by atoms with Crippen LogP contribution in [0.3, 0.4) is 0 Å². The van der Waals surface area contributed by atoms with Crippen LogP contribution in [0.5, 0.6) is 5.75 Å². The van der Waals surface area contributed by atoms with Crippen molar-refractivity contribution in [3.05, 3.63) is 58.6 Å². The van der Waals surface area contributed by atoms with Crippen molar-refractivity contribution in [1.82, 2.24) is 15.2 Å². The summed E-state index contributed by atoms with van der Waals surface area (Å²) in [4.78, 5) is 24.1. The fourth-order valence-corrected chi connectivity index (χ4v) is 3.38. The number of carbonyl (C=O) groups is 2. The molecule has 2 amide bonds. The molecule has 2 aromatic rings. The van der Waals surface area contributed by atoms with Gasteiger partial charge in [0, 0.05) is 14.1 Å². The summed E-state index contributed by atoms with van der Waals surface area (Å²) in [5, 5.41) is 0.0433. The third-order valence-electron chi connectivity index (χ3n) is 3.98. The highest BCUT2D eigenvalue weighted by Gasteiger charge is 2.21. The molecule has 0 aliphatic carbocycles.